The van der Waals surface area contributed by atoms with Crippen LogP contribution in [0.2, 0.25) is 0 Å². The zero-order chi connectivity index (χ0) is 14.3. The fourth-order valence-electron chi connectivity index (χ4n) is 1.50. The monoisotopic (exact) mass is 293 g/mol. The molecule has 1 N–H and O–H groups in total. The molecule has 1 rings (SSSR count). The number of aromatic amines is 1. The van der Waals surface area contributed by atoms with Gasteiger partial charge in [0.25, 0.3) is 0 Å². The smallest absolute Gasteiger partial charge is 0.301 e. The second-order valence-corrected chi connectivity index (χ2v) is 4.25. The Labute approximate surface area is 103 Å². The second kappa shape index (κ2) is 4.56. The van der Waals surface area contributed by atoms with Crippen molar-refractivity contribution in [3.63, 3.8) is 0 Å². The van der Waals surface area contributed by atoms with Crippen LogP contribution in [0, 0.1) is 4.77 Å². The lowest BCUT2D eigenvalue weighted by molar-refractivity contribution is -0.256. The number of nitrogens with one attached hydrogen (secondary N) is 1. The van der Waals surface area contributed by atoms with Crippen molar-refractivity contribution in [3.05, 3.63) is 10.6 Å². The molecule has 3 nitrogen and oxygen atoms in total. The van der Waals surface area contributed by atoms with Crippen molar-refractivity contribution >= 4 is 12.2 Å². The Hall–Kier alpha value is -1.06. The summed E-state index contributed by atoms with van der Waals surface area (Å²) >= 11 is 4.62. The summed E-state index contributed by atoms with van der Waals surface area (Å²) in [6.07, 6.45) is -11.0. The number of alkyl halides is 6. The van der Waals surface area contributed by atoms with E-state index in [0.717, 1.165) is 0 Å². The Kier molecular flexibility index (Phi) is 3.80. The molecule has 0 saturated carbocycles. The van der Waals surface area contributed by atoms with Crippen LogP contribution in [0.15, 0.2) is 0 Å². The molecule has 0 bridgehead atoms. The number of halogens is 6. The highest BCUT2D eigenvalue weighted by Crippen LogP contribution is 2.45. The van der Waals surface area contributed by atoms with Crippen LogP contribution in [0.3, 0.4) is 0 Å². The molecular weight excluding hydrogens is 284 g/mol. The molecule has 0 aliphatic rings. The molecule has 0 fully saturated rings. The lowest BCUT2D eigenvalue weighted by Gasteiger charge is -2.23. The van der Waals surface area contributed by atoms with Crippen molar-refractivity contribution in [2.75, 3.05) is 0 Å². The Balaban J connectivity index is 3.46. The SMILES string of the molecule is CC(C)n1c(C(C(F)(F)F)C(F)(F)F)n[nH]c1=S. The number of nitrogens with zero attached hydrogens (tertiary/aromatic N) is 2. The minimum absolute atomic E-state index is 0.279. The molecule has 0 aromatic carbocycles. The summed E-state index contributed by atoms with van der Waals surface area (Å²) in [5.41, 5.74) is 0. The summed E-state index contributed by atoms with van der Waals surface area (Å²) in [6, 6.07) is -0.668. The summed E-state index contributed by atoms with van der Waals surface area (Å²) in [6.45, 7) is 2.83. The highest BCUT2D eigenvalue weighted by molar-refractivity contribution is 7.71. The van der Waals surface area contributed by atoms with E-state index in [1.165, 1.54) is 13.8 Å². The van der Waals surface area contributed by atoms with Crippen LogP contribution in [0.1, 0.15) is 31.6 Å². The van der Waals surface area contributed by atoms with E-state index in [0.29, 0.717) is 4.57 Å². The summed E-state index contributed by atoms with van der Waals surface area (Å²) in [7, 11) is 0. The van der Waals surface area contributed by atoms with Gasteiger partial charge in [-0.05, 0) is 26.1 Å². The van der Waals surface area contributed by atoms with E-state index in [2.05, 4.69) is 17.3 Å². The normalized spacial score (nSPS) is 13.7. The molecule has 1 aromatic heterocycles. The van der Waals surface area contributed by atoms with Crippen molar-refractivity contribution < 1.29 is 26.3 Å². The third-order valence-electron chi connectivity index (χ3n) is 2.16. The Bertz CT molecular complexity index is 454. The molecule has 0 aliphatic carbocycles. The van der Waals surface area contributed by atoms with E-state index < -0.39 is 30.1 Å². The van der Waals surface area contributed by atoms with Gasteiger partial charge in [0, 0.05) is 6.04 Å². The van der Waals surface area contributed by atoms with Gasteiger partial charge in [0.1, 0.15) is 0 Å². The van der Waals surface area contributed by atoms with Crippen molar-refractivity contribution in [1.82, 2.24) is 14.8 Å². The summed E-state index contributed by atoms with van der Waals surface area (Å²) < 4.78 is 75.6. The standard InChI is InChI=1S/C8H9F6N3S/c1-3(2)17-5(15-16-6(17)18)4(7(9,10)11)8(12,13)14/h3-4H,1-2H3,(H,16,18). The van der Waals surface area contributed by atoms with Gasteiger partial charge < -0.3 is 4.57 Å². The van der Waals surface area contributed by atoms with Gasteiger partial charge in [0.15, 0.2) is 10.6 Å². The maximum Gasteiger partial charge on any atom is 0.407 e. The van der Waals surface area contributed by atoms with E-state index in [4.69, 9.17) is 0 Å². The highest BCUT2D eigenvalue weighted by Gasteiger charge is 2.60. The van der Waals surface area contributed by atoms with E-state index in [1.54, 1.807) is 0 Å². The minimum atomic E-state index is -5.48. The number of hydrogen-bond donors (Lipinski definition) is 1. The molecule has 0 spiro atoms. The summed E-state index contributed by atoms with van der Waals surface area (Å²) in [5, 5.41) is 5.04. The molecule has 104 valence electrons. The molecule has 1 heterocycles. The van der Waals surface area contributed by atoms with Crippen LogP contribution in [-0.4, -0.2) is 27.1 Å². The maximum atomic E-state index is 12.5. The van der Waals surface area contributed by atoms with Crippen LogP contribution < -0.4 is 0 Å². The quantitative estimate of drug-likeness (QED) is 0.666. The van der Waals surface area contributed by atoms with Gasteiger partial charge in [-0.2, -0.15) is 31.4 Å². The first-order valence-electron chi connectivity index (χ1n) is 4.76. The number of hydrogen-bond acceptors (Lipinski definition) is 2. The van der Waals surface area contributed by atoms with Crippen LogP contribution in [0.5, 0.6) is 0 Å². The van der Waals surface area contributed by atoms with Crippen molar-refractivity contribution in [3.8, 4) is 0 Å². The Morgan fingerprint density at radius 1 is 1.11 bits per heavy atom. The zero-order valence-corrected chi connectivity index (χ0v) is 10.0. The van der Waals surface area contributed by atoms with Crippen molar-refractivity contribution in [2.24, 2.45) is 0 Å². The van der Waals surface area contributed by atoms with Crippen LogP contribution >= 0.6 is 12.2 Å². The fourth-order valence-corrected chi connectivity index (χ4v) is 1.85. The number of aromatic nitrogens is 3. The number of rotatable bonds is 2. The van der Waals surface area contributed by atoms with Gasteiger partial charge in [-0.25, -0.2) is 0 Å². The first-order valence-corrected chi connectivity index (χ1v) is 5.17. The maximum absolute atomic E-state index is 12.5. The highest BCUT2D eigenvalue weighted by atomic mass is 32.1. The molecule has 0 saturated heterocycles. The predicted molar refractivity (Wildman–Crippen MR) is 52.6 cm³/mol. The van der Waals surface area contributed by atoms with Gasteiger partial charge in [0.2, 0.25) is 5.92 Å². The van der Waals surface area contributed by atoms with Gasteiger partial charge in [-0.15, -0.1) is 0 Å². The van der Waals surface area contributed by atoms with Crippen LogP contribution in [0.25, 0.3) is 0 Å². The summed E-state index contributed by atoms with van der Waals surface area (Å²) in [5.74, 6) is -4.82. The zero-order valence-electron chi connectivity index (χ0n) is 9.23. The molecule has 0 radical (unpaired) electrons. The molecular formula is C8H9F6N3S. The number of H-pyrrole nitrogens is 1. The topological polar surface area (TPSA) is 33.6 Å². The van der Waals surface area contributed by atoms with E-state index in [1.807, 2.05) is 5.10 Å². The Morgan fingerprint density at radius 2 is 1.56 bits per heavy atom. The lowest BCUT2D eigenvalue weighted by atomic mass is 10.1. The van der Waals surface area contributed by atoms with Crippen LogP contribution in [0.4, 0.5) is 26.3 Å². The molecule has 0 amide bonds. The molecule has 0 aliphatic heterocycles. The van der Waals surface area contributed by atoms with Gasteiger partial charge in [-0.3, -0.25) is 5.10 Å². The van der Waals surface area contributed by atoms with Crippen molar-refractivity contribution in [1.29, 1.82) is 0 Å². The molecule has 0 unspecified atom stereocenters. The fraction of sp³-hybridized carbons (Fsp3) is 0.750. The Morgan fingerprint density at radius 3 is 1.89 bits per heavy atom. The average Bonchev–Trinajstić information content (AvgIpc) is 2.41. The van der Waals surface area contributed by atoms with Gasteiger partial charge in [0.05, 0.1) is 0 Å². The third kappa shape index (κ3) is 2.85. The van der Waals surface area contributed by atoms with E-state index in [-0.39, 0.29) is 4.77 Å². The molecule has 1 aromatic rings. The first kappa shape index (κ1) is 15.0. The minimum Gasteiger partial charge on any atom is -0.301 e. The van der Waals surface area contributed by atoms with E-state index >= 15 is 0 Å². The molecule has 10 heteroatoms. The first-order chi connectivity index (χ1) is 7.96. The lowest BCUT2D eigenvalue weighted by Crippen LogP contribution is -2.36. The van der Waals surface area contributed by atoms with E-state index in [9.17, 15) is 26.3 Å². The van der Waals surface area contributed by atoms with Crippen LogP contribution in [-0.2, 0) is 0 Å². The average molecular weight is 293 g/mol. The summed E-state index contributed by atoms with van der Waals surface area (Å²) in [4.78, 5) is 0. The molecule has 0 atom stereocenters. The van der Waals surface area contributed by atoms with Gasteiger partial charge >= 0.3 is 12.4 Å². The van der Waals surface area contributed by atoms with Gasteiger partial charge in [-0.1, -0.05) is 0 Å². The second-order valence-electron chi connectivity index (χ2n) is 3.87. The van der Waals surface area contributed by atoms with Crippen molar-refractivity contribution in [2.45, 2.75) is 38.2 Å². The largest absolute Gasteiger partial charge is 0.407 e. The molecule has 18 heavy (non-hydrogen) atoms. The third-order valence-corrected chi connectivity index (χ3v) is 2.45. The predicted octanol–water partition coefficient (Wildman–Crippen LogP) is 3.73.